The van der Waals surface area contributed by atoms with Gasteiger partial charge >= 0.3 is 0 Å². The minimum absolute atomic E-state index is 0.131. The van der Waals surface area contributed by atoms with Crippen molar-refractivity contribution in [3.63, 3.8) is 0 Å². The molecule has 1 aromatic heterocycles. The molecule has 6 heteroatoms. The van der Waals surface area contributed by atoms with E-state index in [0.29, 0.717) is 11.6 Å². The van der Waals surface area contributed by atoms with Gasteiger partial charge in [-0.2, -0.15) is 0 Å². The van der Waals surface area contributed by atoms with E-state index < -0.39 is 0 Å². The maximum Gasteiger partial charge on any atom is 0.204 e. The number of aromatic nitrogens is 2. The molecule has 1 N–H and O–H groups in total. The van der Waals surface area contributed by atoms with E-state index >= 15 is 0 Å². The summed E-state index contributed by atoms with van der Waals surface area (Å²) in [6, 6.07) is 0. The average Bonchev–Trinajstić information content (AvgIpc) is 2.46. The maximum atomic E-state index is 5.62. The van der Waals surface area contributed by atoms with Gasteiger partial charge in [-0.3, -0.25) is 0 Å². The minimum Gasteiger partial charge on any atom is -0.490 e. The Balaban J connectivity index is 2.31. The summed E-state index contributed by atoms with van der Waals surface area (Å²) in [5, 5.41) is 3.03. The lowest BCUT2D eigenvalue weighted by atomic mass is 9.95. The van der Waals surface area contributed by atoms with E-state index in [0.717, 1.165) is 31.7 Å². The molecule has 2 heterocycles. The molecule has 0 amide bonds. The standard InChI is InChI=1S/C13H22N4O2/c1-13(19-4)6-5-7-17(8-13)12-10(18-3)11(14-2)15-9-16-12/h9H,5-8H2,1-4H3,(H,14,15,16). The molecule has 106 valence electrons. The number of ether oxygens (including phenoxy) is 2. The number of piperidine rings is 1. The number of nitrogens with one attached hydrogen (secondary N) is 1. The number of methoxy groups -OCH3 is 2. The molecular formula is C13H22N4O2. The first-order valence-corrected chi connectivity index (χ1v) is 6.50. The molecule has 1 aliphatic rings. The summed E-state index contributed by atoms with van der Waals surface area (Å²) >= 11 is 0. The third-order valence-electron chi connectivity index (χ3n) is 3.68. The number of hydrogen-bond donors (Lipinski definition) is 1. The molecule has 1 atom stereocenters. The predicted octanol–water partition coefficient (Wildman–Crippen LogP) is 1.53. The van der Waals surface area contributed by atoms with Crippen LogP contribution in [0.2, 0.25) is 0 Å². The van der Waals surface area contributed by atoms with Crippen molar-refractivity contribution in [2.75, 3.05) is 44.6 Å². The second-order valence-corrected chi connectivity index (χ2v) is 5.01. The second-order valence-electron chi connectivity index (χ2n) is 5.01. The predicted molar refractivity (Wildman–Crippen MR) is 75.0 cm³/mol. The van der Waals surface area contributed by atoms with Crippen molar-refractivity contribution in [1.29, 1.82) is 0 Å². The lowest BCUT2D eigenvalue weighted by molar-refractivity contribution is -0.00489. The van der Waals surface area contributed by atoms with Crippen molar-refractivity contribution < 1.29 is 9.47 Å². The number of rotatable bonds is 4. The van der Waals surface area contributed by atoms with Gasteiger partial charge < -0.3 is 19.7 Å². The topological polar surface area (TPSA) is 59.5 Å². The summed E-state index contributed by atoms with van der Waals surface area (Å²) < 4.78 is 11.1. The summed E-state index contributed by atoms with van der Waals surface area (Å²) in [4.78, 5) is 10.8. The van der Waals surface area contributed by atoms with Crippen LogP contribution in [0.15, 0.2) is 6.33 Å². The lowest BCUT2D eigenvalue weighted by Gasteiger charge is -2.40. The molecule has 0 radical (unpaired) electrons. The van der Waals surface area contributed by atoms with Gasteiger partial charge in [-0.15, -0.1) is 0 Å². The third kappa shape index (κ3) is 2.73. The zero-order valence-electron chi connectivity index (χ0n) is 12.1. The summed E-state index contributed by atoms with van der Waals surface area (Å²) in [6.07, 6.45) is 3.70. The molecule has 2 rings (SSSR count). The monoisotopic (exact) mass is 266 g/mol. The van der Waals surface area contributed by atoms with Gasteiger partial charge in [0.05, 0.1) is 12.7 Å². The van der Waals surface area contributed by atoms with Gasteiger partial charge in [-0.25, -0.2) is 9.97 Å². The van der Waals surface area contributed by atoms with E-state index in [2.05, 4.69) is 27.1 Å². The molecule has 1 aliphatic heterocycles. The lowest BCUT2D eigenvalue weighted by Crippen LogP contribution is -2.47. The molecule has 0 spiro atoms. The van der Waals surface area contributed by atoms with Crippen LogP contribution in [0.25, 0.3) is 0 Å². The van der Waals surface area contributed by atoms with Crippen LogP contribution in [0.3, 0.4) is 0 Å². The smallest absolute Gasteiger partial charge is 0.204 e. The van der Waals surface area contributed by atoms with Crippen molar-refractivity contribution in [2.24, 2.45) is 0 Å². The van der Waals surface area contributed by atoms with Crippen LogP contribution in [0.1, 0.15) is 19.8 Å². The second kappa shape index (κ2) is 5.61. The van der Waals surface area contributed by atoms with Crippen LogP contribution in [-0.4, -0.2) is 49.9 Å². The Morgan fingerprint density at radius 1 is 1.37 bits per heavy atom. The zero-order valence-corrected chi connectivity index (χ0v) is 12.1. The Labute approximate surface area is 114 Å². The summed E-state index contributed by atoms with van der Waals surface area (Å²) in [6.45, 7) is 3.89. The van der Waals surface area contributed by atoms with Crippen LogP contribution in [0.4, 0.5) is 11.6 Å². The van der Waals surface area contributed by atoms with Crippen LogP contribution in [0.5, 0.6) is 5.75 Å². The highest BCUT2D eigenvalue weighted by Gasteiger charge is 2.33. The molecule has 1 fully saturated rings. The highest BCUT2D eigenvalue weighted by Crippen LogP contribution is 2.35. The van der Waals surface area contributed by atoms with Gasteiger partial charge in [0, 0.05) is 27.2 Å². The maximum absolute atomic E-state index is 5.62. The summed E-state index contributed by atoms with van der Waals surface area (Å²) in [5.74, 6) is 2.22. The van der Waals surface area contributed by atoms with Gasteiger partial charge in [0.25, 0.3) is 0 Å². The van der Waals surface area contributed by atoms with Crippen molar-refractivity contribution in [1.82, 2.24) is 9.97 Å². The Hall–Kier alpha value is -1.56. The number of anilines is 2. The molecule has 6 nitrogen and oxygen atoms in total. The fourth-order valence-electron chi connectivity index (χ4n) is 2.51. The van der Waals surface area contributed by atoms with E-state index in [1.807, 2.05) is 7.05 Å². The zero-order chi connectivity index (χ0) is 13.9. The van der Waals surface area contributed by atoms with Gasteiger partial charge in [0.15, 0.2) is 11.6 Å². The highest BCUT2D eigenvalue weighted by atomic mass is 16.5. The van der Waals surface area contributed by atoms with Crippen LogP contribution in [0, 0.1) is 0 Å². The highest BCUT2D eigenvalue weighted by molar-refractivity contribution is 5.64. The molecule has 1 unspecified atom stereocenters. The fraction of sp³-hybridized carbons (Fsp3) is 0.692. The van der Waals surface area contributed by atoms with E-state index in [1.165, 1.54) is 0 Å². The van der Waals surface area contributed by atoms with Crippen molar-refractivity contribution in [3.05, 3.63) is 6.33 Å². The van der Waals surface area contributed by atoms with E-state index in [9.17, 15) is 0 Å². The Morgan fingerprint density at radius 3 is 2.79 bits per heavy atom. The van der Waals surface area contributed by atoms with Crippen molar-refractivity contribution >= 4 is 11.6 Å². The molecule has 1 saturated heterocycles. The first-order chi connectivity index (χ1) is 9.13. The average molecular weight is 266 g/mol. The van der Waals surface area contributed by atoms with Crippen molar-refractivity contribution in [3.8, 4) is 5.75 Å². The molecule has 0 saturated carbocycles. The van der Waals surface area contributed by atoms with Crippen molar-refractivity contribution in [2.45, 2.75) is 25.4 Å². The quantitative estimate of drug-likeness (QED) is 0.892. The molecule has 1 aromatic rings. The first-order valence-electron chi connectivity index (χ1n) is 6.50. The normalized spacial score (nSPS) is 23.3. The molecule has 19 heavy (non-hydrogen) atoms. The van der Waals surface area contributed by atoms with Gasteiger partial charge in [-0.05, 0) is 19.8 Å². The summed E-state index contributed by atoms with van der Waals surface area (Å²) in [7, 11) is 5.23. The largest absolute Gasteiger partial charge is 0.490 e. The molecular weight excluding hydrogens is 244 g/mol. The van der Waals surface area contributed by atoms with Crippen LogP contribution >= 0.6 is 0 Å². The fourth-order valence-corrected chi connectivity index (χ4v) is 2.51. The molecule has 0 aliphatic carbocycles. The van der Waals surface area contributed by atoms with E-state index in [1.54, 1.807) is 20.5 Å². The number of nitrogens with zero attached hydrogens (tertiary/aromatic N) is 3. The first kappa shape index (κ1) is 13.9. The summed E-state index contributed by atoms with van der Waals surface area (Å²) in [5.41, 5.74) is -0.131. The Kier molecular flexibility index (Phi) is 4.09. The van der Waals surface area contributed by atoms with Gasteiger partial charge in [-0.1, -0.05) is 0 Å². The van der Waals surface area contributed by atoms with Crippen LogP contribution < -0.4 is 15.0 Å². The van der Waals surface area contributed by atoms with Crippen LogP contribution in [-0.2, 0) is 4.74 Å². The van der Waals surface area contributed by atoms with Gasteiger partial charge in [0.1, 0.15) is 6.33 Å². The Morgan fingerprint density at radius 2 is 2.16 bits per heavy atom. The SMILES string of the molecule is CNc1ncnc(N2CCCC(C)(OC)C2)c1OC. The third-order valence-corrected chi connectivity index (χ3v) is 3.68. The number of hydrogen-bond acceptors (Lipinski definition) is 6. The van der Waals surface area contributed by atoms with E-state index in [-0.39, 0.29) is 5.60 Å². The van der Waals surface area contributed by atoms with Gasteiger partial charge in [0.2, 0.25) is 5.75 Å². The van der Waals surface area contributed by atoms with E-state index in [4.69, 9.17) is 9.47 Å². The molecule has 0 aromatic carbocycles. The Bertz CT molecular complexity index is 441. The minimum atomic E-state index is -0.131. The molecule has 0 bridgehead atoms.